The maximum atomic E-state index is 13.5. The van der Waals surface area contributed by atoms with E-state index in [1.807, 2.05) is 19.1 Å². The number of amides is 1. The maximum absolute atomic E-state index is 13.5. The first-order valence-electron chi connectivity index (χ1n) is 10.8. The summed E-state index contributed by atoms with van der Waals surface area (Å²) in [5.41, 5.74) is 2.63. The molecule has 0 bridgehead atoms. The standard InChI is InChI=1S/C24H21F3N6O/c1-13-8-14(6-7-29-13)21-17-9-15(10-30-22(17)33-32-21)23(34)31-20-12-28-11-18(20)16-4-2-3-5-19(16)24(25,26)27/h2-10,18,20,28H,11-12H2,1H3,(H,31,34)(H,30,32,33)/t18-,20-/m0/s1. The van der Waals surface area contributed by atoms with Gasteiger partial charge in [-0.15, -0.1) is 0 Å². The van der Waals surface area contributed by atoms with Crippen molar-refractivity contribution in [3.05, 3.63) is 77.2 Å². The highest BCUT2D eigenvalue weighted by Gasteiger charge is 2.39. The van der Waals surface area contributed by atoms with Crippen LogP contribution in [0.2, 0.25) is 0 Å². The van der Waals surface area contributed by atoms with E-state index in [-0.39, 0.29) is 5.56 Å². The van der Waals surface area contributed by atoms with Gasteiger partial charge < -0.3 is 10.6 Å². The van der Waals surface area contributed by atoms with Crippen LogP contribution >= 0.6 is 0 Å². The predicted octanol–water partition coefficient (Wildman–Crippen LogP) is 3.83. The number of aromatic amines is 1. The highest BCUT2D eigenvalue weighted by Crippen LogP contribution is 2.37. The van der Waals surface area contributed by atoms with E-state index in [2.05, 4.69) is 30.8 Å². The molecule has 34 heavy (non-hydrogen) atoms. The van der Waals surface area contributed by atoms with Crippen molar-refractivity contribution in [1.29, 1.82) is 0 Å². The first kappa shape index (κ1) is 22.0. The van der Waals surface area contributed by atoms with Gasteiger partial charge in [0.1, 0.15) is 5.69 Å². The maximum Gasteiger partial charge on any atom is 0.416 e. The summed E-state index contributed by atoms with van der Waals surface area (Å²) < 4.78 is 40.6. The Hall–Kier alpha value is -3.79. The summed E-state index contributed by atoms with van der Waals surface area (Å²) >= 11 is 0. The topological polar surface area (TPSA) is 95.6 Å². The van der Waals surface area contributed by atoms with E-state index in [9.17, 15) is 18.0 Å². The van der Waals surface area contributed by atoms with Gasteiger partial charge >= 0.3 is 6.18 Å². The van der Waals surface area contributed by atoms with Crippen LogP contribution in [0.3, 0.4) is 0 Å². The normalized spacial score (nSPS) is 18.4. The number of rotatable bonds is 4. The summed E-state index contributed by atoms with van der Waals surface area (Å²) in [5.74, 6) is -0.918. The van der Waals surface area contributed by atoms with Gasteiger partial charge in [0.2, 0.25) is 0 Å². The van der Waals surface area contributed by atoms with E-state index in [4.69, 9.17) is 0 Å². The SMILES string of the molecule is Cc1cc(-c2n[nH]c3ncc(C(=O)N[C@H]4CNC[C@H]4c4ccccc4C(F)(F)F)cc23)ccn1. The van der Waals surface area contributed by atoms with Gasteiger partial charge in [-0.2, -0.15) is 18.3 Å². The number of aromatic nitrogens is 4. The first-order valence-corrected chi connectivity index (χ1v) is 10.8. The number of fused-ring (bicyclic) bond motifs is 1. The van der Waals surface area contributed by atoms with E-state index < -0.39 is 29.6 Å². The summed E-state index contributed by atoms with van der Waals surface area (Å²) in [6.45, 7) is 2.58. The van der Waals surface area contributed by atoms with Gasteiger partial charge in [0.05, 0.1) is 11.1 Å². The Morgan fingerprint density at radius 1 is 1.12 bits per heavy atom. The number of nitrogens with zero attached hydrogens (tertiary/aromatic N) is 3. The largest absolute Gasteiger partial charge is 0.416 e. The number of alkyl halides is 3. The third-order valence-electron chi connectivity index (χ3n) is 6.05. The molecule has 1 aliphatic rings. The highest BCUT2D eigenvalue weighted by molar-refractivity contribution is 6.00. The number of aryl methyl sites for hydroxylation is 1. The van der Waals surface area contributed by atoms with Gasteiger partial charge in [0, 0.05) is 54.1 Å². The number of H-pyrrole nitrogens is 1. The van der Waals surface area contributed by atoms with Crippen LogP contribution in [-0.4, -0.2) is 45.2 Å². The van der Waals surface area contributed by atoms with Crippen LogP contribution in [0, 0.1) is 6.92 Å². The van der Waals surface area contributed by atoms with Crippen LogP contribution in [0.4, 0.5) is 13.2 Å². The quantitative estimate of drug-likeness (QED) is 0.425. The van der Waals surface area contributed by atoms with Crippen molar-refractivity contribution < 1.29 is 18.0 Å². The Labute approximate surface area is 192 Å². The Balaban J connectivity index is 1.42. The van der Waals surface area contributed by atoms with Gasteiger partial charge in [-0.1, -0.05) is 18.2 Å². The van der Waals surface area contributed by atoms with E-state index >= 15 is 0 Å². The number of hydrogen-bond acceptors (Lipinski definition) is 5. The van der Waals surface area contributed by atoms with Crippen LogP contribution in [-0.2, 0) is 6.18 Å². The van der Waals surface area contributed by atoms with Gasteiger partial charge in [-0.25, -0.2) is 4.98 Å². The molecule has 3 aromatic heterocycles. The molecule has 5 rings (SSSR count). The molecule has 10 heteroatoms. The summed E-state index contributed by atoms with van der Waals surface area (Å²) in [6.07, 6.45) is -1.36. The molecule has 2 atom stereocenters. The molecule has 0 spiro atoms. The number of benzene rings is 1. The molecule has 1 fully saturated rings. The monoisotopic (exact) mass is 466 g/mol. The van der Waals surface area contributed by atoms with Crippen LogP contribution in [0.1, 0.15) is 33.1 Å². The zero-order valence-electron chi connectivity index (χ0n) is 18.1. The lowest BCUT2D eigenvalue weighted by Gasteiger charge is -2.23. The third-order valence-corrected chi connectivity index (χ3v) is 6.05. The summed E-state index contributed by atoms with van der Waals surface area (Å²) in [6, 6.07) is 10.4. The third kappa shape index (κ3) is 4.12. The van der Waals surface area contributed by atoms with E-state index in [1.165, 1.54) is 18.3 Å². The highest BCUT2D eigenvalue weighted by atomic mass is 19.4. The molecular formula is C24H21F3N6O. The van der Waals surface area contributed by atoms with Gasteiger partial charge in [-0.3, -0.25) is 14.9 Å². The molecule has 0 radical (unpaired) electrons. The number of carbonyl (C=O) groups is 1. The fourth-order valence-electron chi connectivity index (χ4n) is 4.43. The summed E-state index contributed by atoms with van der Waals surface area (Å²) in [4.78, 5) is 21.6. The minimum Gasteiger partial charge on any atom is -0.347 e. The fourth-order valence-corrected chi connectivity index (χ4v) is 4.43. The van der Waals surface area contributed by atoms with E-state index in [1.54, 1.807) is 18.3 Å². The van der Waals surface area contributed by atoms with Crippen LogP contribution < -0.4 is 10.6 Å². The average molecular weight is 466 g/mol. The molecule has 1 aromatic carbocycles. The molecule has 7 nitrogen and oxygen atoms in total. The molecule has 4 aromatic rings. The molecule has 174 valence electrons. The smallest absolute Gasteiger partial charge is 0.347 e. The number of hydrogen-bond donors (Lipinski definition) is 3. The lowest BCUT2D eigenvalue weighted by atomic mass is 9.90. The first-order chi connectivity index (χ1) is 16.3. The molecule has 3 N–H and O–H groups in total. The minimum absolute atomic E-state index is 0.170. The van der Waals surface area contributed by atoms with Crippen molar-refractivity contribution in [1.82, 2.24) is 30.8 Å². The van der Waals surface area contributed by atoms with Crippen LogP contribution in [0.5, 0.6) is 0 Å². The Kier molecular flexibility index (Phi) is 5.52. The molecule has 4 heterocycles. The Morgan fingerprint density at radius 2 is 1.94 bits per heavy atom. The molecule has 0 unspecified atom stereocenters. The van der Waals surface area contributed by atoms with Crippen molar-refractivity contribution >= 4 is 16.9 Å². The zero-order valence-corrected chi connectivity index (χ0v) is 18.1. The Bertz CT molecular complexity index is 1370. The number of nitrogens with one attached hydrogen (secondary N) is 3. The van der Waals surface area contributed by atoms with Crippen LogP contribution in [0.15, 0.2) is 54.9 Å². The summed E-state index contributed by atoms with van der Waals surface area (Å²) in [5, 5.41) is 13.9. The summed E-state index contributed by atoms with van der Waals surface area (Å²) in [7, 11) is 0. The van der Waals surface area contributed by atoms with Gasteiger partial charge in [0.15, 0.2) is 5.65 Å². The number of carbonyl (C=O) groups excluding carboxylic acids is 1. The van der Waals surface area contributed by atoms with E-state index in [0.29, 0.717) is 35.4 Å². The number of pyridine rings is 2. The molecule has 1 saturated heterocycles. The lowest BCUT2D eigenvalue weighted by Crippen LogP contribution is -2.40. The fraction of sp³-hybridized carbons (Fsp3) is 0.250. The molecule has 1 amide bonds. The van der Waals surface area contributed by atoms with Crippen molar-refractivity contribution in [2.75, 3.05) is 13.1 Å². The van der Waals surface area contributed by atoms with Crippen molar-refractivity contribution in [3.8, 4) is 11.3 Å². The molecule has 1 aliphatic heterocycles. The Morgan fingerprint density at radius 3 is 2.74 bits per heavy atom. The zero-order chi connectivity index (χ0) is 23.9. The molecular weight excluding hydrogens is 445 g/mol. The van der Waals surface area contributed by atoms with Crippen molar-refractivity contribution in [3.63, 3.8) is 0 Å². The molecule has 0 saturated carbocycles. The predicted molar refractivity (Wildman–Crippen MR) is 120 cm³/mol. The minimum atomic E-state index is -4.47. The second-order valence-electron chi connectivity index (χ2n) is 8.31. The lowest BCUT2D eigenvalue weighted by molar-refractivity contribution is -0.138. The van der Waals surface area contributed by atoms with Gasteiger partial charge in [0.25, 0.3) is 5.91 Å². The van der Waals surface area contributed by atoms with Gasteiger partial charge in [-0.05, 0) is 36.8 Å². The van der Waals surface area contributed by atoms with E-state index in [0.717, 1.165) is 17.3 Å². The van der Waals surface area contributed by atoms with Crippen molar-refractivity contribution in [2.45, 2.75) is 25.1 Å². The second kappa shape index (κ2) is 8.53. The number of halogens is 3. The molecule has 0 aliphatic carbocycles. The second-order valence-corrected chi connectivity index (χ2v) is 8.31. The van der Waals surface area contributed by atoms with Crippen LogP contribution in [0.25, 0.3) is 22.3 Å². The van der Waals surface area contributed by atoms with Crippen molar-refractivity contribution in [2.24, 2.45) is 0 Å². The average Bonchev–Trinajstić information content (AvgIpc) is 3.45.